The molecular formula is C14H11BrFN5. The molecule has 0 aliphatic heterocycles. The molecule has 106 valence electrons. The molecular weight excluding hydrogens is 337 g/mol. The molecule has 3 aromatic rings. The first-order valence-corrected chi connectivity index (χ1v) is 7.03. The molecule has 0 aliphatic carbocycles. The largest absolute Gasteiger partial charge is 0.381 e. The number of tetrazole rings is 1. The van der Waals surface area contributed by atoms with Crippen molar-refractivity contribution >= 4 is 21.6 Å². The van der Waals surface area contributed by atoms with Gasteiger partial charge in [0, 0.05) is 27.8 Å². The number of nitrogens with zero attached hydrogens (tertiary/aromatic N) is 3. The lowest BCUT2D eigenvalue weighted by Gasteiger charge is -2.08. The Morgan fingerprint density at radius 2 is 2.10 bits per heavy atom. The molecule has 0 spiro atoms. The third-order valence-electron chi connectivity index (χ3n) is 2.96. The van der Waals surface area contributed by atoms with Gasteiger partial charge in [0.2, 0.25) is 5.82 Å². The number of halogens is 2. The molecule has 0 atom stereocenters. The normalized spacial score (nSPS) is 10.6. The first-order valence-electron chi connectivity index (χ1n) is 6.24. The molecule has 1 aromatic heterocycles. The monoisotopic (exact) mass is 347 g/mol. The van der Waals surface area contributed by atoms with Crippen LogP contribution in [0, 0.1) is 5.82 Å². The summed E-state index contributed by atoms with van der Waals surface area (Å²) in [5.41, 5.74) is 2.30. The van der Waals surface area contributed by atoms with Crippen molar-refractivity contribution in [3.8, 4) is 11.4 Å². The highest BCUT2D eigenvalue weighted by molar-refractivity contribution is 9.10. The van der Waals surface area contributed by atoms with Crippen LogP contribution in [0.5, 0.6) is 0 Å². The van der Waals surface area contributed by atoms with E-state index >= 15 is 0 Å². The van der Waals surface area contributed by atoms with E-state index in [0.29, 0.717) is 17.9 Å². The average Bonchev–Trinajstić information content (AvgIpc) is 3.01. The van der Waals surface area contributed by atoms with Gasteiger partial charge in [-0.05, 0) is 29.5 Å². The molecule has 0 radical (unpaired) electrons. The molecule has 5 nitrogen and oxygen atoms in total. The Kier molecular flexibility index (Phi) is 3.92. The smallest absolute Gasteiger partial charge is 0.204 e. The first-order chi connectivity index (χ1) is 10.2. The van der Waals surface area contributed by atoms with Crippen LogP contribution in [0.2, 0.25) is 0 Å². The quantitative estimate of drug-likeness (QED) is 0.759. The zero-order chi connectivity index (χ0) is 14.7. The van der Waals surface area contributed by atoms with E-state index in [4.69, 9.17) is 0 Å². The Labute approximate surface area is 128 Å². The molecule has 0 unspecified atom stereocenters. The van der Waals surface area contributed by atoms with Gasteiger partial charge in [0.15, 0.2) is 0 Å². The summed E-state index contributed by atoms with van der Waals surface area (Å²) in [4.78, 5) is 0. The fourth-order valence-electron chi connectivity index (χ4n) is 1.91. The Hall–Kier alpha value is -2.28. The summed E-state index contributed by atoms with van der Waals surface area (Å²) >= 11 is 3.24. The molecule has 3 rings (SSSR count). The van der Waals surface area contributed by atoms with Crippen molar-refractivity contribution in [2.75, 3.05) is 5.32 Å². The van der Waals surface area contributed by atoms with Crippen molar-refractivity contribution < 1.29 is 4.39 Å². The number of H-pyrrole nitrogens is 1. The topological polar surface area (TPSA) is 66.5 Å². The highest BCUT2D eigenvalue weighted by Crippen LogP contribution is 2.20. The SMILES string of the molecule is Fc1cc(Br)ccc1CNc1cccc(-c2nn[nH]n2)c1. The van der Waals surface area contributed by atoms with Gasteiger partial charge >= 0.3 is 0 Å². The number of aromatic nitrogens is 4. The van der Waals surface area contributed by atoms with E-state index in [1.165, 1.54) is 6.07 Å². The summed E-state index contributed by atoms with van der Waals surface area (Å²) < 4.78 is 14.5. The lowest BCUT2D eigenvalue weighted by atomic mass is 10.1. The lowest BCUT2D eigenvalue weighted by Crippen LogP contribution is -2.01. The molecule has 2 N–H and O–H groups in total. The van der Waals surface area contributed by atoms with Crippen LogP contribution in [0.15, 0.2) is 46.9 Å². The Morgan fingerprint density at radius 3 is 2.86 bits per heavy atom. The number of anilines is 1. The van der Waals surface area contributed by atoms with Crippen molar-refractivity contribution in [1.29, 1.82) is 0 Å². The summed E-state index contributed by atoms with van der Waals surface area (Å²) in [6.45, 7) is 0.398. The second-order valence-electron chi connectivity index (χ2n) is 4.41. The van der Waals surface area contributed by atoms with Crippen LogP contribution in [0.1, 0.15) is 5.56 Å². The van der Waals surface area contributed by atoms with E-state index in [2.05, 4.69) is 41.9 Å². The van der Waals surface area contributed by atoms with Gasteiger partial charge in [0.05, 0.1) is 0 Å². The highest BCUT2D eigenvalue weighted by atomic mass is 79.9. The van der Waals surface area contributed by atoms with E-state index < -0.39 is 0 Å². The van der Waals surface area contributed by atoms with E-state index in [0.717, 1.165) is 15.7 Å². The number of hydrogen-bond donors (Lipinski definition) is 2. The molecule has 0 aliphatic rings. The summed E-state index contributed by atoms with van der Waals surface area (Å²) in [5.74, 6) is 0.277. The molecule has 0 saturated carbocycles. The second kappa shape index (κ2) is 6.01. The van der Waals surface area contributed by atoms with Crippen molar-refractivity contribution in [3.05, 3.63) is 58.3 Å². The summed E-state index contributed by atoms with van der Waals surface area (Å²) in [6, 6.07) is 12.6. The minimum absolute atomic E-state index is 0.244. The maximum atomic E-state index is 13.8. The van der Waals surface area contributed by atoms with Crippen LogP contribution < -0.4 is 5.32 Å². The Bertz CT molecular complexity index is 745. The van der Waals surface area contributed by atoms with Gasteiger partial charge in [0.1, 0.15) is 5.82 Å². The molecule has 2 aromatic carbocycles. The maximum Gasteiger partial charge on any atom is 0.204 e. The molecule has 0 amide bonds. The molecule has 21 heavy (non-hydrogen) atoms. The van der Waals surface area contributed by atoms with E-state index in [1.807, 2.05) is 30.3 Å². The Morgan fingerprint density at radius 1 is 1.19 bits per heavy atom. The van der Waals surface area contributed by atoms with Gasteiger partial charge in [0.25, 0.3) is 0 Å². The number of nitrogens with one attached hydrogen (secondary N) is 2. The van der Waals surface area contributed by atoms with Crippen molar-refractivity contribution in [2.45, 2.75) is 6.54 Å². The van der Waals surface area contributed by atoms with Crippen molar-refractivity contribution in [2.24, 2.45) is 0 Å². The van der Waals surface area contributed by atoms with Crippen molar-refractivity contribution in [3.63, 3.8) is 0 Å². The maximum absolute atomic E-state index is 13.8. The molecule has 0 saturated heterocycles. The molecule has 1 heterocycles. The minimum Gasteiger partial charge on any atom is -0.381 e. The lowest BCUT2D eigenvalue weighted by molar-refractivity contribution is 0.612. The van der Waals surface area contributed by atoms with Crippen LogP contribution in [-0.4, -0.2) is 20.6 Å². The predicted molar refractivity (Wildman–Crippen MR) is 81.0 cm³/mol. The number of hydrogen-bond acceptors (Lipinski definition) is 4. The number of rotatable bonds is 4. The standard InChI is InChI=1S/C14H11BrFN5/c15-11-5-4-10(13(16)7-11)8-17-12-3-1-2-9(6-12)14-18-20-21-19-14/h1-7,17H,8H2,(H,18,19,20,21). The van der Waals surface area contributed by atoms with Gasteiger partial charge in [-0.2, -0.15) is 5.21 Å². The van der Waals surface area contributed by atoms with E-state index in [9.17, 15) is 4.39 Å². The highest BCUT2D eigenvalue weighted by Gasteiger charge is 2.05. The van der Waals surface area contributed by atoms with Gasteiger partial charge in [-0.3, -0.25) is 0 Å². The Balaban J connectivity index is 1.75. The van der Waals surface area contributed by atoms with Gasteiger partial charge in [-0.25, -0.2) is 4.39 Å². The number of benzene rings is 2. The zero-order valence-electron chi connectivity index (χ0n) is 10.8. The summed E-state index contributed by atoms with van der Waals surface area (Å²) in [6.07, 6.45) is 0. The van der Waals surface area contributed by atoms with E-state index in [1.54, 1.807) is 6.07 Å². The molecule has 0 bridgehead atoms. The fourth-order valence-corrected chi connectivity index (χ4v) is 2.25. The first kappa shape index (κ1) is 13.7. The predicted octanol–water partition coefficient (Wildman–Crippen LogP) is 3.38. The molecule has 7 heteroatoms. The van der Waals surface area contributed by atoms with Gasteiger partial charge in [-0.15, -0.1) is 10.2 Å². The van der Waals surface area contributed by atoms with Gasteiger partial charge < -0.3 is 5.32 Å². The summed E-state index contributed by atoms with van der Waals surface area (Å²) in [5, 5.41) is 17.0. The third-order valence-corrected chi connectivity index (χ3v) is 3.46. The molecule has 0 fully saturated rings. The second-order valence-corrected chi connectivity index (χ2v) is 5.32. The minimum atomic E-state index is -0.244. The van der Waals surface area contributed by atoms with E-state index in [-0.39, 0.29) is 5.82 Å². The third kappa shape index (κ3) is 3.25. The van der Waals surface area contributed by atoms with Crippen LogP contribution in [0.3, 0.4) is 0 Å². The zero-order valence-corrected chi connectivity index (χ0v) is 12.4. The van der Waals surface area contributed by atoms with Crippen LogP contribution >= 0.6 is 15.9 Å². The summed E-state index contributed by atoms with van der Waals surface area (Å²) in [7, 11) is 0. The van der Waals surface area contributed by atoms with Crippen LogP contribution in [-0.2, 0) is 6.54 Å². The van der Waals surface area contributed by atoms with Gasteiger partial charge in [-0.1, -0.05) is 34.1 Å². The van der Waals surface area contributed by atoms with Crippen LogP contribution in [0.25, 0.3) is 11.4 Å². The van der Waals surface area contributed by atoms with Crippen LogP contribution in [0.4, 0.5) is 10.1 Å². The fraction of sp³-hybridized carbons (Fsp3) is 0.0714. The average molecular weight is 348 g/mol. The number of aromatic amines is 1. The van der Waals surface area contributed by atoms with Crippen molar-refractivity contribution in [1.82, 2.24) is 20.6 Å².